The molecule has 1 fully saturated rings. The summed E-state index contributed by atoms with van der Waals surface area (Å²) in [6.45, 7) is 4.89. The highest BCUT2D eigenvalue weighted by Gasteiger charge is 2.24. The maximum Gasteiger partial charge on any atom is 0.241 e. The maximum absolute atomic E-state index is 11.5. The first-order valence-corrected chi connectivity index (χ1v) is 9.34. The normalized spacial score (nSPS) is 17.5. The predicted molar refractivity (Wildman–Crippen MR) is 86.2 cm³/mol. The first-order chi connectivity index (χ1) is 10.9. The van der Waals surface area contributed by atoms with Gasteiger partial charge in [0.05, 0.1) is 12.8 Å². The summed E-state index contributed by atoms with van der Waals surface area (Å²) in [5.74, 6) is 1.13. The van der Waals surface area contributed by atoms with Crippen molar-refractivity contribution in [2.75, 3.05) is 32.4 Å². The minimum atomic E-state index is -3.10. The summed E-state index contributed by atoms with van der Waals surface area (Å²) in [4.78, 5) is 6.54. The van der Waals surface area contributed by atoms with E-state index in [-0.39, 0.29) is 0 Å². The van der Waals surface area contributed by atoms with Gasteiger partial charge in [0.2, 0.25) is 21.7 Å². The Morgan fingerprint density at radius 2 is 1.78 bits per heavy atom. The fourth-order valence-corrected chi connectivity index (χ4v) is 3.38. The number of hydrogen-bond donors (Lipinski definition) is 0. The second kappa shape index (κ2) is 6.38. The summed E-state index contributed by atoms with van der Waals surface area (Å²) < 4.78 is 29.8. The van der Waals surface area contributed by atoms with E-state index in [1.54, 1.807) is 0 Å². The van der Waals surface area contributed by atoms with Gasteiger partial charge >= 0.3 is 0 Å². The monoisotopic (exact) mass is 336 g/mol. The molecule has 0 aliphatic carbocycles. The molecule has 0 amide bonds. The Morgan fingerprint density at radius 3 is 2.39 bits per heavy atom. The van der Waals surface area contributed by atoms with Gasteiger partial charge < -0.3 is 4.52 Å². The molecule has 2 aromatic rings. The van der Waals surface area contributed by atoms with Gasteiger partial charge in [-0.25, -0.2) is 8.42 Å². The number of benzene rings is 1. The highest BCUT2D eigenvalue weighted by atomic mass is 32.2. The third-order valence-electron chi connectivity index (χ3n) is 3.94. The Hall–Kier alpha value is -1.77. The van der Waals surface area contributed by atoms with E-state index in [1.807, 2.05) is 31.2 Å². The van der Waals surface area contributed by atoms with E-state index in [4.69, 9.17) is 4.52 Å². The van der Waals surface area contributed by atoms with Gasteiger partial charge in [-0.2, -0.15) is 9.29 Å². The third-order valence-corrected chi connectivity index (χ3v) is 5.24. The second-order valence-electron chi connectivity index (χ2n) is 5.82. The summed E-state index contributed by atoms with van der Waals surface area (Å²) in [6, 6.07) is 7.95. The lowest BCUT2D eigenvalue weighted by Crippen LogP contribution is -2.47. The van der Waals surface area contributed by atoms with Gasteiger partial charge in [-0.05, 0) is 6.92 Å². The van der Waals surface area contributed by atoms with Gasteiger partial charge in [-0.15, -0.1) is 0 Å². The fraction of sp³-hybridized carbons (Fsp3) is 0.467. The van der Waals surface area contributed by atoms with Gasteiger partial charge in [0.25, 0.3) is 0 Å². The van der Waals surface area contributed by atoms with Crippen LogP contribution in [-0.2, 0) is 16.6 Å². The minimum absolute atomic E-state index is 0.498. The molecule has 3 rings (SSSR count). The first kappa shape index (κ1) is 16.1. The Balaban J connectivity index is 1.61. The van der Waals surface area contributed by atoms with Gasteiger partial charge in [0, 0.05) is 31.7 Å². The molecular formula is C15H20N4O3S. The van der Waals surface area contributed by atoms with Crippen LogP contribution in [0.1, 0.15) is 11.5 Å². The maximum atomic E-state index is 11.5. The molecule has 8 heteroatoms. The topological polar surface area (TPSA) is 79.5 Å². The lowest BCUT2D eigenvalue weighted by molar-refractivity contribution is 0.164. The SMILES string of the molecule is Cc1ccc(-c2noc(CN3CCN(S(C)(=O)=O)CC3)n2)cc1. The van der Waals surface area contributed by atoms with Crippen molar-refractivity contribution < 1.29 is 12.9 Å². The van der Waals surface area contributed by atoms with Crippen molar-refractivity contribution in [3.63, 3.8) is 0 Å². The summed E-state index contributed by atoms with van der Waals surface area (Å²) in [5, 5.41) is 4.02. The number of aryl methyl sites for hydroxylation is 1. The highest BCUT2D eigenvalue weighted by molar-refractivity contribution is 7.88. The molecule has 2 heterocycles. The molecule has 23 heavy (non-hydrogen) atoms. The van der Waals surface area contributed by atoms with E-state index < -0.39 is 10.0 Å². The number of piperazine rings is 1. The summed E-state index contributed by atoms with van der Waals surface area (Å²) in [5.41, 5.74) is 2.11. The minimum Gasteiger partial charge on any atom is -0.338 e. The van der Waals surface area contributed by atoms with Crippen LogP contribution in [0.2, 0.25) is 0 Å². The summed E-state index contributed by atoms with van der Waals surface area (Å²) in [6.07, 6.45) is 1.24. The van der Waals surface area contributed by atoms with E-state index in [2.05, 4.69) is 15.0 Å². The molecular weight excluding hydrogens is 316 g/mol. The number of sulfonamides is 1. The van der Waals surface area contributed by atoms with Crippen molar-refractivity contribution in [2.45, 2.75) is 13.5 Å². The Labute approximate surface area is 136 Å². The molecule has 1 aliphatic heterocycles. The van der Waals surface area contributed by atoms with Crippen molar-refractivity contribution in [2.24, 2.45) is 0 Å². The summed E-state index contributed by atoms with van der Waals surface area (Å²) in [7, 11) is -3.10. The van der Waals surface area contributed by atoms with Crippen LogP contribution >= 0.6 is 0 Å². The Kier molecular flexibility index (Phi) is 4.47. The standard InChI is InChI=1S/C15H20N4O3S/c1-12-3-5-13(6-4-12)15-16-14(22-17-15)11-18-7-9-19(10-8-18)23(2,20)21/h3-6H,7-11H2,1-2H3. The van der Waals surface area contributed by atoms with E-state index >= 15 is 0 Å². The van der Waals surface area contributed by atoms with Gasteiger partial charge in [0.1, 0.15) is 0 Å². The average molecular weight is 336 g/mol. The van der Waals surface area contributed by atoms with Crippen LogP contribution in [0.25, 0.3) is 11.4 Å². The second-order valence-corrected chi connectivity index (χ2v) is 7.80. The molecule has 1 saturated heterocycles. The largest absolute Gasteiger partial charge is 0.338 e. The van der Waals surface area contributed by atoms with Crippen molar-refractivity contribution in [1.82, 2.24) is 19.3 Å². The van der Waals surface area contributed by atoms with Crippen molar-refractivity contribution in [3.8, 4) is 11.4 Å². The van der Waals surface area contributed by atoms with E-state index in [0.717, 1.165) is 5.56 Å². The molecule has 124 valence electrons. The van der Waals surface area contributed by atoms with E-state index in [1.165, 1.54) is 16.1 Å². The smallest absolute Gasteiger partial charge is 0.241 e. The zero-order valence-electron chi connectivity index (χ0n) is 13.3. The predicted octanol–water partition coefficient (Wildman–Crippen LogP) is 1.12. The molecule has 0 bridgehead atoms. The lowest BCUT2D eigenvalue weighted by atomic mass is 10.1. The number of hydrogen-bond acceptors (Lipinski definition) is 6. The van der Waals surface area contributed by atoms with Crippen LogP contribution in [0.5, 0.6) is 0 Å². The fourth-order valence-electron chi connectivity index (χ4n) is 2.55. The molecule has 0 radical (unpaired) electrons. The number of rotatable bonds is 4. The Morgan fingerprint density at radius 1 is 1.13 bits per heavy atom. The van der Waals surface area contributed by atoms with E-state index in [9.17, 15) is 8.42 Å². The van der Waals surface area contributed by atoms with E-state index in [0.29, 0.717) is 44.4 Å². The molecule has 0 unspecified atom stereocenters. The zero-order chi connectivity index (χ0) is 16.4. The van der Waals surface area contributed by atoms with Crippen molar-refractivity contribution in [3.05, 3.63) is 35.7 Å². The van der Waals surface area contributed by atoms with Crippen LogP contribution in [0.4, 0.5) is 0 Å². The molecule has 0 atom stereocenters. The van der Waals surface area contributed by atoms with Gasteiger partial charge in [-0.1, -0.05) is 35.0 Å². The zero-order valence-corrected chi connectivity index (χ0v) is 14.1. The molecule has 7 nitrogen and oxygen atoms in total. The first-order valence-electron chi connectivity index (χ1n) is 7.49. The molecule has 1 aromatic carbocycles. The number of aromatic nitrogens is 2. The van der Waals surface area contributed by atoms with Crippen LogP contribution in [-0.4, -0.2) is 60.2 Å². The van der Waals surface area contributed by atoms with Crippen LogP contribution in [0, 0.1) is 6.92 Å². The van der Waals surface area contributed by atoms with Crippen LogP contribution in [0.3, 0.4) is 0 Å². The van der Waals surface area contributed by atoms with Gasteiger partial charge in [0.15, 0.2) is 0 Å². The lowest BCUT2D eigenvalue weighted by Gasteiger charge is -2.32. The molecule has 0 spiro atoms. The number of nitrogens with zero attached hydrogens (tertiary/aromatic N) is 4. The molecule has 0 N–H and O–H groups in total. The van der Waals surface area contributed by atoms with Crippen molar-refractivity contribution >= 4 is 10.0 Å². The van der Waals surface area contributed by atoms with Gasteiger partial charge in [-0.3, -0.25) is 4.90 Å². The summed E-state index contributed by atoms with van der Waals surface area (Å²) >= 11 is 0. The third kappa shape index (κ3) is 3.95. The average Bonchev–Trinajstić information content (AvgIpc) is 2.96. The highest BCUT2D eigenvalue weighted by Crippen LogP contribution is 2.17. The van der Waals surface area contributed by atoms with Crippen LogP contribution < -0.4 is 0 Å². The molecule has 0 saturated carbocycles. The van der Waals surface area contributed by atoms with Crippen LogP contribution in [0.15, 0.2) is 28.8 Å². The molecule has 1 aliphatic rings. The molecule has 1 aromatic heterocycles. The van der Waals surface area contributed by atoms with Crippen molar-refractivity contribution in [1.29, 1.82) is 0 Å². The quantitative estimate of drug-likeness (QED) is 0.832. The Bertz CT molecular complexity index is 762.